The Kier molecular flexibility index (Phi) is 3.64. The quantitative estimate of drug-likeness (QED) is 0.638. The van der Waals surface area contributed by atoms with Crippen LogP contribution in [0.3, 0.4) is 0 Å². The molecule has 4 heteroatoms. The van der Waals surface area contributed by atoms with Crippen molar-refractivity contribution < 1.29 is 9.15 Å². The molecule has 1 aromatic heterocycles. The van der Waals surface area contributed by atoms with E-state index in [4.69, 9.17) is 14.9 Å². The van der Waals surface area contributed by atoms with Crippen molar-refractivity contribution in [3.8, 4) is 0 Å². The van der Waals surface area contributed by atoms with Crippen LogP contribution < -0.4 is 5.73 Å². The highest BCUT2D eigenvalue weighted by molar-refractivity contribution is 5.85. The van der Waals surface area contributed by atoms with E-state index in [0.717, 1.165) is 18.5 Å². The lowest BCUT2D eigenvalue weighted by Crippen LogP contribution is -1.99. The van der Waals surface area contributed by atoms with Gasteiger partial charge in [0.05, 0.1) is 5.69 Å². The van der Waals surface area contributed by atoms with Crippen molar-refractivity contribution >= 4 is 16.8 Å². The Labute approximate surface area is 101 Å². The Balaban J connectivity index is 1.98. The zero-order valence-corrected chi connectivity index (χ0v) is 10.3. The number of aromatic nitrogens is 1. The number of rotatable bonds is 5. The second-order valence-corrected chi connectivity index (χ2v) is 4.54. The van der Waals surface area contributed by atoms with E-state index in [-0.39, 0.29) is 0 Å². The summed E-state index contributed by atoms with van der Waals surface area (Å²) in [5.41, 5.74) is 7.87. The third-order valence-corrected chi connectivity index (χ3v) is 2.56. The van der Waals surface area contributed by atoms with Crippen LogP contribution in [0.5, 0.6) is 0 Å². The van der Waals surface area contributed by atoms with Crippen molar-refractivity contribution in [1.82, 2.24) is 4.98 Å². The summed E-state index contributed by atoms with van der Waals surface area (Å²) < 4.78 is 11.0. The molecule has 17 heavy (non-hydrogen) atoms. The average molecular weight is 234 g/mol. The number of ether oxygens (including phenoxy) is 1. The molecule has 0 amide bonds. The zero-order valence-electron chi connectivity index (χ0n) is 10.3. The first kappa shape index (κ1) is 11.9. The number of para-hydroxylation sites is 1. The lowest BCUT2D eigenvalue weighted by atomic mass is 10.1. The van der Waals surface area contributed by atoms with Crippen LogP contribution in [0.1, 0.15) is 26.2 Å². The average Bonchev–Trinajstić information content (AvgIpc) is 2.69. The minimum absolute atomic E-state index is 0.404. The Morgan fingerprint density at radius 3 is 2.94 bits per heavy atom. The SMILES string of the molecule is CC(C)CCOCc1nc2c(N)cccc2o1. The third-order valence-electron chi connectivity index (χ3n) is 2.56. The highest BCUT2D eigenvalue weighted by Crippen LogP contribution is 2.21. The molecule has 92 valence electrons. The number of nitrogen functional groups attached to an aromatic ring is 1. The van der Waals surface area contributed by atoms with Crippen LogP contribution in [-0.2, 0) is 11.3 Å². The van der Waals surface area contributed by atoms with Gasteiger partial charge in [-0.1, -0.05) is 19.9 Å². The van der Waals surface area contributed by atoms with Crippen LogP contribution in [0.15, 0.2) is 22.6 Å². The van der Waals surface area contributed by atoms with Crippen molar-refractivity contribution in [2.24, 2.45) is 5.92 Å². The van der Waals surface area contributed by atoms with Gasteiger partial charge in [-0.3, -0.25) is 0 Å². The molecule has 0 aliphatic heterocycles. The van der Waals surface area contributed by atoms with Crippen LogP contribution in [0, 0.1) is 5.92 Å². The summed E-state index contributed by atoms with van der Waals surface area (Å²) in [6.45, 7) is 5.47. The number of benzene rings is 1. The van der Waals surface area contributed by atoms with Crippen molar-refractivity contribution in [3.63, 3.8) is 0 Å². The van der Waals surface area contributed by atoms with Gasteiger partial charge in [0.25, 0.3) is 0 Å². The van der Waals surface area contributed by atoms with Gasteiger partial charge in [-0.15, -0.1) is 0 Å². The summed E-state index contributed by atoms with van der Waals surface area (Å²) in [4.78, 5) is 4.31. The fourth-order valence-electron chi connectivity index (χ4n) is 1.56. The highest BCUT2D eigenvalue weighted by atomic mass is 16.5. The molecule has 0 aliphatic carbocycles. The lowest BCUT2D eigenvalue weighted by Gasteiger charge is -2.03. The molecule has 0 unspecified atom stereocenters. The maximum atomic E-state index is 5.80. The van der Waals surface area contributed by atoms with Crippen LogP contribution >= 0.6 is 0 Å². The second-order valence-electron chi connectivity index (χ2n) is 4.54. The fourth-order valence-corrected chi connectivity index (χ4v) is 1.56. The first-order valence-corrected chi connectivity index (χ1v) is 5.88. The number of oxazole rings is 1. The summed E-state index contributed by atoms with van der Waals surface area (Å²) in [5, 5.41) is 0. The van der Waals surface area contributed by atoms with Crippen molar-refractivity contribution in [2.45, 2.75) is 26.9 Å². The molecule has 0 radical (unpaired) electrons. The molecule has 4 nitrogen and oxygen atoms in total. The van der Waals surface area contributed by atoms with Gasteiger partial charge in [0, 0.05) is 6.61 Å². The smallest absolute Gasteiger partial charge is 0.221 e. The molecular formula is C13H18N2O2. The maximum Gasteiger partial charge on any atom is 0.221 e. The van der Waals surface area contributed by atoms with Gasteiger partial charge in [-0.2, -0.15) is 0 Å². The molecule has 0 saturated heterocycles. The van der Waals surface area contributed by atoms with Crippen LogP contribution in [-0.4, -0.2) is 11.6 Å². The van der Waals surface area contributed by atoms with Gasteiger partial charge in [0.2, 0.25) is 5.89 Å². The largest absolute Gasteiger partial charge is 0.438 e. The molecule has 0 atom stereocenters. The Hall–Kier alpha value is -1.55. The Bertz CT molecular complexity index is 491. The Morgan fingerprint density at radius 1 is 1.41 bits per heavy atom. The van der Waals surface area contributed by atoms with E-state index >= 15 is 0 Å². The summed E-state index contributed by atoms with van der Waals surface area (Å²) in [5.74, 6) is 1.23. The van der Waals surface area contributed by atoms with E-state index in [0.29, 0.717) is 29.7 Å². The van der Waals surface area contributed by atoms with Gasteiger partial charge >= 0.3 is 0 Å². The standard InChI is InChI=1S/C13H18N2O2/c1-9(2)6-7-16-8-12-15-13-10(14)4-3-5-11(13)17-12/h3-5,9H,6-8,14H2,1-2H3. The molecule has 2 rings (SSSR count). The molecule has 0 bridgehead atoms. The second kappa shape index (κ2) is 5.19. The molecule has 0 spiro atoms. The van der Waals surface area contributed by atoms with E-state index in [1.807, 2.05) is 18.2 Å². The van der Waals surface area contributed by atoms with Crippen LogP contribution in [0.2, 0.25) is 0 Å². The third kappa shape index (κ3) is 2.97. The van der Waals surface area contributed by atoms with E-state index in [1.165, 1.54) is 0 Å². The first-order chi connectivity index (χ1) is 8.16. The zero-order chi connectivity index (χ0) is 12.3. The van der Waals surface area contributed by atoms with Gasteiger partial charge in [0.15, 0.2) is 5.58 Å². The predicted molar refractivity (Wildman–Crippen MR) is 67.5 cm³/mol. The van der Waals surface area contributed by atoms with E-state index in [1.54, 1.807) is 0 Å². The van der Waals surface area contributed by atoms with Gasteiger partial charge < -0.3 is 14.9 Å². The summed E-state index contributed by atoms with van der Waals surface area (Å²) >= 11 is 0. The van der Waals surface area contributed by atoms with Crippen LogP contribution in [0.4, 0.5) is 5.69 Å². The first-order valence-electron chi connectivity index (χ1n) is 5.88. The summed E-state index contributed by atoms with van der Waals surface area (Å²) in [6.07, 6.45) is 1.04. The Morgan fingerprint density at radius 2 is 2.24 bits per heavy atom. The molecule has 0 fully saturated rings. The van der Waals surface area contributed by atoms with Gasteiger partial charge in [0.1, 0.15) is 12.1 Å². The lowest BCUT2D eigenvalue weighted by molar-refractivity contribution is 0.0948. The molecular weight excluding hydrogens is 216 g/mol. The molecule has 2 N–H and O–H groups in total. The number of hydrogen-bond donors (Lipinski definition) is 1. The molecule has 1 aromatic carbocycles. The monoisotopic (exact) mass is 234 g/mol. The summed E-state index contributed by atoms with van der Waals surface area (Å²) in [7, 11) is 0. The molecule has 0 saturated carbocycles. The number of nitrogens with two attached hydrogens (primary N) is 1. The number of hydrogen-bond acceptors (Lipinski definition) is 4. The topological polar surface area (TPSA) is 61.3 Å². The summed E-state index contributed by atoms with van der Waals surface area (Å²) in [6, 6.07) is 5.52. The maximum absolute atomic E-state index is 5.80. The van der Waals surface area contributed by atoms with Crippen molar-refractivity contribution in [1.29, 1.82) is 0 Å². The van der Waals surface area contributed by atoms with Crippen LogP contribution in [0.25, 0.3) is 11.1 Å². The predicted octanol–water partition coefficient (Wildman–Crippen LogP) is 2.97. The molecule has 0 aliphatic rings. The highest BCUT2D eigenvalue weighted by Gasteiger charge is 2.07. The minimum Gasteiger partial charge on any atom is -0.438 e. The van der Waals surface area contributed by atoms with E-state index < -0.39 is 0 Å². The van der Waals surface area contributed by atoms with E-state index in [9.17, 15) is 0 Å². The number of anilines is 1. The molecule has 2 aromatic rings. The number of nitrogens with zero attached hydrogens (tertiary/aromatic N) is 1. The van der Waals surface area contributed by atoms with E-state index in [2.05, 4.69) is 18.8 Å². The normalized spacial score (nSPS) is 11.5. The minimum atomic E-state index is 0.404. The molecule has 1 heterocycles. The van der Waals surface area contributed by atoms with Crippen molar-refractivity contribution in [3.05, 3.63) is 24.1 Å². The van der Waals surface area contributed by atoms with Gasteiger partial charge in [-0.05, 0) is 24.5 Å². The van der Waals surface area contributed by atoms with Crippen molar-refractivity contribution in [2.75, 3.05) is 12.3 Å². The fraction of sp³-hybridized carbons (Fsp3) is 0.462. The number of fused-ring (bicyclic) bond motifs is 1. The van der Waals surface area contributed by atoms with Gasteiger partial charge in [-0.25, -0.2) is 4.98 Å².